The molecule has 0 spiro atoms. The average Bonchev–Trinajstić information content (AvgIpc) is 2.70. The van der Waals surface area contributed by atoms with Crippen LogP contribution in [0.4, 0.5) is 0 Å². The first-order chi connectivity index (χ1) is 11.7. The Kier molecular flexibility index (Phi) is 6.66. The van der Waals surface area contributed by atoms with Gasteiger partial charge in [0.25, 0.3) is 0 Å². The van der Waals surface area contributed by atoms with Crippen molar-refractivity contribution in [2.45, 2.75) is 80.1 Å². The lowest BCUT2D eigenvalue weighted by molar-refractivity contribution is -0.149. The summed E-state index contributed by atoms with van der Waals surface area (Å²) in [6.45, 7) is 17.3. The first-order valence-corrected chi connectivity index (χ1v) is 10.3. The molecule has 2 rings (SSSR count). The zero-order chi connectivity index (χ0) is 18.9. The average molecular weight is 349 g/mol. The number of fused-ring (bicyclic) bond motifs is 2. The molecule has 0 aliphatic heterocycles. The highest BCUT2D eigenvalue weighted by Gasteiger charge is 2.56. The van der Waals surface area contributed by atoms with Crippen LogP contribution < -0.4 is 0 Å². The maximum absolute atomic E-state index is 6.30. The number of terminal acetylenes is 1. The van der Waals surface area contributed by atoms with Crippen molar-refractivity contribution in [3.8, 4) is 12.3 Å². The van der Waals surface area contributed by atoms with Gasteiger partial charge in [0.05, 0.1) is 6.10 Å². The molecular formula is C23H40O2. The lowest BCUT2D eigenvalue weighted by Gasteiger charge is -2.51. The standard InChI is InChI=1S/C23H40O2/c1-10-20(24-9)25-19-13-17(6)21-15(4)11-12-16(5)22(18(19)7)23(21,8)14(2)3/h1,14-22H,11-13H2,2-9H3. The molecule has 144 valence electrons. The van der Waals surface area contributed by atoms with Gasteiger partial charge in [-0.1, -0.05) is 61.3 Å². The van der Waals surface area contributed by atoms with Crippen LogP contribution in [0, 0.1) is 59.2 Å². The summed E-state index contributed by atoms with van der Waals surface area (Å²) in [4.78, 5) is 0. The summed E-state index contributed by atoms with van der Waals surface area (Å²) in [6, 6.07) is 0. The third-order valence-corrected chi connectivity index (χ3v) is 8.00. The molecule has 2 aliphatic rings. The third kappa shape index (κ3) is 3.65. The summed E-state index contributed by atoms with van der Waals surface area (Å²) in [5.74, 6) is 7.34. The zero-order valence-electron chi connectivity index (χ0n) is 17.7. The van der Waals surface area contributed by atoms with E-state index in [1.807, 2.05) is 0 Å². The van der Waals surface area contributed by atoms with E-state index < -0.39 is 6.29 Å². The number of hydrogen-bond acceptors (Lipinski definition) is 2. The fraction of sp³-hybridized carbons (Fsp3) is 0.913. The molecule has 2 aliphatic carbocycles. The van der Waals surface area contributed by atoms with Crippen LogP contribution in [0.3, 0.4) is 0 Å². The molecule has 2 heteroatoms. The lowest BCUT2D eigenvalue weighted by atomic mass is 9.53. The highest BCUT2D eigenvalue weighted by atomic mass is 16.7. The molecule has 0 N–H and O–H groups in total. The zero-order valence-corrected chi connectivity index (χ0v) is 17.7. The first-order valence-electron chi connectivity index (χ1n) is 10.3. The van der Waals surface area contributed by atoms with Crippen molar-refractivity contribution in [1.82, 2.24) is 0 Å². The summed E-state index contributed by atoms with van der Waals surface area (Å²) >= 11 is 0. The fourth-order valence-corrected chi connectivity index (χ4v) is 6.82. The van der Waals surface area contributed by atoms with Gasteiger partial charge in [0.1, 0.15) is 0 Å². The van der Waals surface area contributed by atoms with Crippen molar-refractivity contribution >= 4 is 0 Å². The van der Waals surface area contributed by atoms with Gasteiger partial charge in [0.2, 0.25) is 6.29 Å². The van der Waals surface area contributed by atoms with Crippen LogP contribution in [-0.4, -0.2) is 19.5 Å². The SMILES string of the molecule is C#CC(OC)OC1CC(C)C2C(C)CCC(C)C(C1C)C2(C)C(C)C. The van der Waals surface area contributed by atoms with Crippen molar-refractivity contribution in [2.24, 2.45) is 46.8 Å². The van der Waals surface area contributed by atoms with E-state index >= 15 is 0 Å². The molecule has 2 nitrogen and oxygen atoms in total. The smallest absolute Gasteiger partial charge is 0.222 e. The lowest BCUT2D eigenvalue weighted by Crippen LogP contribution is -2.47. The molecule has 9 unspecified atom stereocenters. The van der Waals surface area contributed by atoms with Gasteiger partial charge < -0.3 is 9.47 Å². The predicted octanol–water partition coefficient (Wildman–Crippen LogP) is 5.61. The van der Waals surface area contributed by atoms with E-state index in [4.69, 9.17) is 15.9 Å². The van der Waals surface area contributed by atoms with E-state index in [0.717, 1.165) is 24.2 Å². The quantitative estimate of drug-likeness (QED) is 0.485. The Morgan fingerprint density at radius 3 is 2.04 bits per heavy atom. The second kappa shape index (κ2) is 8.01. The minimum atomic E-state index is -0.530. The molecule has 0 saturated heterocycles. The number of ether oxygens (including phenoxy) is 2. The third-order valence-electron chi connectivity index (χ3n) is 8.00. The summed E-state index contributed by atoms with van der Waals surface area (Å²) < 4.78 is 11.7. The van der Waals surface area contributed by atoms with Crippen LogP contribution in [0.1, 0.15) is 67.7 Å². The Balaban J connectivity index is 2.49. The van der Waals surface area contributed by atoms with E-state index in [9.17, 15) is 0 Å². The van der Waals surface area contributed by atoms with Gasteiger partial charge in [0, 0.05) is 7.11 Å². The van der Waals surface area contributed by atoms with Gasteiger partial charge in [-0.3, -0.25) is 0 Å². The highest BCUT2D eigenvalue weighted by Crippen LogP contribution is 2.60. The minimum absolute atomic E-state index is 0.178. The Labute approximate surface area is 156 Å². The minimum Gasteiger partial charge on any atom is -0.345 e. The van der Waals surface area contributed by atoms with E-state index in [0.29, 0.717) is 29.1 Å². The normalized spacial score (nSPS) is 46.2. The maximum Gasteiger partial charge on any atom is 0.222 e. The molecule has 0 aromatic carbocycles. The Hall–Kier alpha value is -0.520. The van der Waals surface area contributed by atoms with Crippen LogP contribution in [0.25, 0.3) is 0 Å². The Bertz CT molecular complexity index is 479. The molecule has 9 atom stereocenters. The number of rotatable bonds is 4. The maximum atomic E-state index is 6.30. The summed E-state index contributed by atoms with van der Waals surface area (Å²) in [5.41, 5.74) is 0.338. The monoisotopic (exact) mass is 348 g/mol. The van der Waals surface area contributed by atoms with Gasteiger partial charge in [0.15, 0.2) is 0 Å². The number of hydrogen-bond donors (Lipinski definition) is 0. The molecular weight excluding hydrogens is 308 g/mol. The second-order valence-electron chi connectivity index (χ2n) is 9.59. The van der Waals surface area contributed by atoms with Crippen molar-refractivity contribution in [3.63, 3.8) is 0 Å². The summed E-state index contributed by atoms with van der Waals surface area (Å²) in [7, 11) is 1.64. The number of methoxy groups -OCH3 is 1. The van der Waals surface area contributed by atoms with Crippen molar-refractivity contribution in [3.05, 3.63) is 0 Å². The van der Waals surface area contributed by atoms with Gasteiger partial charge in [-0.2, -0.15) is 0 Å². The topological polar surface area (TPSA) is 18.5 Å². The molecule has 25 heavy (non-hydrogen) atoms. The van der Waals surface area contributed by atoms with Gasteiger partial charge in [-0.15, -0.1) is 6.42 Å². The van der Waals surface area contributed by atoms with E-state index in [-0.39, 0.29) is 6.10 Å². The van der Waals surface area contributed by atoms with Crippen molar-refractivity contribution in [1.29, 1.82) is 0 Å². The molecule has 2 fully saturated rings. The summed E-state index contributed by atoms with van der Waals surface area (Å²) in [6.07, 6.45) is 9.03. The van der Waals surface area contributed by atoms with E-state index in [1.54, 1.807) is 7.11 Å². The summed E-state index contributed by atoms with van der Waals surface area (Å²) in [5, 5.41) is 0. The molecule has 2 bridgehead atoms. The van der Waals surface area contributed by atoms with Crippen molar-refractivity contribution < 1.29 is 9.47 Å². The van der Waals surface area contributed by atoms with Crippen LogP contribution in [-0.2, 0) is 9.47 Å². The van der Waals surface area contributed by atoms with Crippen molar-refractivity contribution in [2.75, 3.05) is 7.11 Å². The van der Waals surface area contributed by atoms with Gasteiger partial charge >= 0.3 is 0 Å². The van der Waals surface area contributed by atoms with Gasteiger partial charge in [-0.05, 0) is 59.2 Å². The molecule has 2 saturated carbocycles. The van der Waals surface area contributed by atoms with Crippen LogP contribution in [0.5, 0.6) is 0 Å². The fourth-order valence-electron chi connectivity index (χ4n) is 6.82. The largest absolute Gasteiger partial charge is 0.345 e. The first kappa shape index (κ1) is 20.8. The molecule has 0 aromatic heterocycles. The molecule has 0 aromatic rings. The van der Waals surface area contributed by atoms with E-state index in [1.165, 1.54) is 12.8 Å². The van der Waals surface area contributed by atoms with E-state index in [2.05, 4.69) is 54.4 Å². The second-order valence-corrected chi connectivity index (χ2v) is 9.59. The van der Waals surface area contributed by atoms with Crippen LogP contribution in [0.2, 0.25) is 0 Å². The molecule has 0 heterocycles. The predicted molar refractivity (Wildman–Crippen MR) is 105 cm³/mol. The molecule has 0 radical (unpaired) electrons. The van der Waals surface area contributed by atoms with Gasteiger partial charge in [-0.25, -0.2) is 0 Å². The Morgan fingerprint density at radius 2 is 1.56 bits per heavy atom. The Morgan fingerprint density at radius 1 is 1.00 bits per heavy atom. The van der Waals surface area contributed by atoms with Crippen LogP contribution in [0.15, 0.2) is 0 Å². The van der Waals surface area contributed by atoms with Crippen LogP contribution >= 0.6 is 0 Å². The molecule has 0 amide bonds. The highest BCUT2D eigenvalue weighted by molar-refractivity contribution is 5.04.